The van der Waals surface area contributed by atoms with Crippen molar-refractivity contribution >= 4 is 17.5 Å². The topological polar surface area (TPSA) is 29.1 Å². The van der Waals surface area contributed by atoms with Crippen LogP contribution in [-0.4, -0.2) is 18.3 Å². The Kier molecular flexibility index (Phi) is 3.90. The molecular weight excluding hydrogens is 210 g/mol. The summed E-state index contributed by atoms with van der Waals surface area (Å²) >= 11 is 5.56. The number of hydrogen-bond acceptors (Lipinski definition) is 1. The van der Waals surface area contributed by atoms with E-state index in [4.69, 9.17) is 11.6 Å². The van der Waals surface area contributed by atoms with Gasteiger partial charge < -0.3 is 5.32 Å². The van der Waals surface area contributed by atoms with Gasteiger partial charge in [-0.1, -0.05) is 6.42 Å². The lowest BCUT2D eigenvalue weighted by Gasteiger charge is -2.20. The quantitative estimate of drug-likeness (QED) is 0.570. The summed E-state index contributed by atoms with van der Waals surface area (Å²) in [6.07, 6.45) is 7.10. The molecule has 1 amide bonds. The summed E-state index contributed by atoms with van der Waals surface area (Å²) in [5, 5.41) is 2.95. The number of hydrogen-bond donors (Lipinski definition) is 1. The molecule has 0 aromatic carbocycles. The lowest BCUT2D eigenvalue weighted by atomic mass is 9.86. The molecule has 0 aliphatic heterocycles. The number of carbonyl (C=O) groups excluding carboxylic acids is 1. The van der Waals surface area contributed by atoms with Crippen molar-refractivity contribution in [3.05, 3.63) is 0 Å². The van der Waals surface area contributed by atoms with Gasteiger partial charge in [-0.3, -0.25) is 4.79 Å². The van der Waals surface area contributed by atoms with Crippen molar-refractivity contribution in [3.63, 3.8) is 0 Å². The number of alkyl halides is 1. The molecular formula is C12H20ClNO. The first-order valence-corrected chi connectivity index (χ1v) is 6.65. The molecule has 3 unspecified atom stereocenters. The minimum Gasteiger partial charge on any atom is -0.356 e. The fraction of sp³-hybridized carbons (Fsp3) is 0.917. The predicted molar refractivity (Wildman–Crippen MR) is 61.9 cm³/mol. The molecule has 2 aliphatic carbocycles. The van der Waals surface area contributed by atoms with Crippen LogP contribution in [0.2, 0.25) is 0 Å². The van der Waals surface area contributed by atoms with Crippen LogP contribution in [0, 0.1) is 17.8 Å². The predicted octanol–water partition coefficient (Wildman–Crippen LogP) is 2.56. The minimum absolute atomic E-state index is 0.234. The maximum atomic E-state index is 11.6. The monoisotopic (exact) mass is 229 g/mol. The normalized spacial score (nSPS) is 33.3. The van der Waals surface area contributed by atoms with Gasteiger partial charge in [-0.25, -0.2) is 0 Å². The van der Waals surface area contributed by atoms with Crippen molar-refractivity contribution in [2.24, 2.45) is 17.8 Å². The Balaban J connectivity index is 1.66. The third-order valence-corrected chi connectivity index (χ3v) is 4.23. The van der Waals surface area contributed by atoms with Crippen LogP contribution in [-0.2, 0) is 4.79 Å². The Hall–Kier alpha value is -0.240. The zero-order valence-electron chi connectivity index (χ0n) is 9.18. The number of fused-ring (bicyclic) bond motifs is 2. The van der Waals surface area contributed by atoms with E-state index >= 15 is 0 Å². The lowest BCUT2D eigenvalue weighted by Crippen LogP contribution is -2.28. The van der Waals surface area contributed by atoms with E-state index in [0.717, 1.165) is 31.2 Å². The summed E-state index contributed by atoms with van der Waals surface area (Å²) in [6.45, 7) is 0.739. The average molecular weight is 230 g/mol. The second kappa shape index (κ2) is 5.20. The molecule has 2 fully saturated rings. The van der Waals surface area contributed by atoms with Gasteiger partial charge in [0.25, 0.3) is 0 Å². The van der Waals surface area contributed by atoms with Crippen LogP contribution in [0.25, 0.3) is 0 Å². The Labute approximate surface area is 96.8 Å². The fourth-order valence-corrected chi connectivity index (χ4v) is 3.37. The summed E-state index contributed by atoms with van der Waals surface area (Å²) in [6, 6.07) is 0. The summed E-state index contributed by atoms with van der Waals surface area (Å²) in [7, 11) is 0. The van der Waals surface area contributed by atoms with Gasteiger partial charge in [0, 0.05) is 18.8 Å². The highest BCUT2D eigenvalue weighted by Crippen LogP contribution is 2.49. The molecule has 2 saturated carbocycles. The number of nitrogens with one attached hydrogen (secondary N) is 1. The van der Waals surface area contributed by atoms with E-state index in [-0.39, 0.29) is 5.91 Å². The van der Waals surface area contributed by atoms with Crippen LogP contribution in [0.5, 0.6) is 0 Å². The van der Waals surface area contributed by atoms with Crippen molar-refractivity contribution in [3.8, 4) is 0 Å². The number of amides is 1. The van der Waals surface area contributed by atoms with Gasteiger partial charge in [0.05, 0.1) is 0 Å². The maximum Gasteiger partial charge on any atom is 0.220 e. The summed E-state index contributed by atoms with van der Waals surface area (Å²) < 4.78 is 0. The van der Waals surface area contributed by atoms with Crippen LogP contribution < -0.4 is 5.32 Å². The molecule has 0 aromatic heterocycles. The fourth-order valence-electron chi connectivity index (χ4n) is 3.23. The molecule has 15 heavy (non-hydrogen) atoms. The smallest absolute Gasteiger partial charge is 0.220 e. The van der Waals surface area contributed by atoms with Crippen molar-refractivity contribution < 1.29 is 4.79 Å². The van der Waals surface area contributed by atoms with Gasteiger partial charge in [-0.15, -0.1) is 11.6 Å². The van der Waals surface area contributed by atoms with Crippen molar-refractivity contribution in [2.75, 3.05) is 12.4 Å². The number of rotatable bonds is 5. The third kappa shape index (κ3) is 2.87. The first kappa shape index (κ1) is 11.3. The second-order valence-electron chi connectivity index (χ2n) is 5.03. The number of halogens is 1. The van der Waals surface area contributed by atoms with Crippen LogP contribution in [0.1, 0.15) is 38.5 Å². The molecule has 0 aromatic rings. The molecule has 2 aliphatic rings. The van der Waals surface area contributed by atoms with Gasteiger partial charge in [-0.2, -0.15) is 0 Å². The summed E-state index contributed by atoms with van der Waals surface area (Å²) in [5.74, 6) is 3.34. The highest BCUT2D eigenvalue weighted by Gasteiger charge is 2.39. The maximum absolute atomic E-state index is 11.6. The molecule has 2 rings (SSSR count). The molecule has 0 heterocycles. The van der Waals surface area contributed by atoms with Gasteiger partial charge >= 0.3 is 0 Å². The molecule has 0 radical (unpaired) electrons. The van der Waals surface area contributed by atoms with Gasteiger partial charge in [-0.05, 0) is 43.4 Å². The van der Waals surface area contributed by atoms with E-state index in [1.54, 1.807) is 0 Å². The third-order valence-electron chi connectivity index (χ3n) is 3.96. The van der Waals surface area contributed by atoms with Crippen LogP contribution in [0.3, 0.4) is 0 Å². The molecule has 0 spiro atoms. The minimum atomic E-state index is 0.234. The second-order valence-corrected chi connectivity index (χ2v) is 5.41. The van der Waals surface area contributed by atoms with E-state index in [1.165, 1.54) is 25.7 Å². The standard InChI is InChI=1S/C12H20ClNO/c13-4-1-5-14-12(15)8-11-7-9-2-3-10(11)6-9/h9-11H,1-8H2,(H,14,15). The van der Waals surface area contributed by atoms with E-state index < -0.39 is 0 Å². The van der Waals surface area contributed by atoms with Crippen molar-refractivity contribution in [1.29, 1.82) is 0 Å². The zero-order valence-corrected chi connectivity index (χ0v) is 9.93. The largest absolute Gasteiger partial charge is 0.356 e. The van der Waals surface area contributed by atoms with Crippen LogP contribution >= 0.6 is 11.6 Å². The Morgan fingerprint density at radius 3 is 2.80 bits per heavy atom. The zero-order chi connectivity index (χ0) is 10.7. The molecule has 86 valence electrons. The number of carbonyl (C=O) groups is 1. The van der Waals surface area contributed by atoms with E-state index in [0.29, 0.717) is 11.8 Å². The first-order chi connectivity index (χ1) is 7.29. The van der Waals surface area contributed by atoms with E-state index in [9.17, 15) is 4.79 Å². The first-order valence-electron chi connectivity index (χ1n) is 6.12. The van der Waals surface area contributed by atoms with Gasteiger partial charge in [0.2, 0.25) is 5.91 Å². The molecule has 0 saturated heterocycles. The Morgan fingerprint density at radius 2 is 2.20 bits per heavy atom. The van der Waals surface area contributed by atoms with E-state index in [1.807, 2.05) is 0 Å². The highest BCUT2D eigenvalue weighted by molar-refractivity contribution is 6.17. The molecule has 2 nitrogen and oxygen atoms in total. The van der Waals surface area contributed by atoms with Crippen molar-refractivity contribution in [2.45, 2.75) is 38.5 Å². The van der Waals surface area contributed by atoms with Gasteiger partial charge in [0.1, 0.15) is 0 Å². The molecule has 2 bridgehead atoms. The average Bonchev–Trinajstić information content (AvgIpc) is 2.79. The Morgan fingerprint density at radius 1 is 1.33 bits per heavy atom. The summed E-state index contributed by atoms with van der Waals surface area (Å²) in [4.78, 5) is 11.6. The van der Waals surface area contributed by atoms with Gasteiger partial charge in [0.15, 0.2) is 0 Å². The van der Waals surface area contributed by atoms with Crippen LogP contribution in [0.4, 0.5) is 0 Å². The molecule has 1 N–H and O–H groups in total. The Bertz CT molecular complexity index is 232. The van der Waals surface area contributed by atoms with E-state index in [2.05, 4.69) is 5.32 Å². The SMILES string of the molecule is O=C(CC1CC2CCC1C2)NCCCCl. The molecule has 3 atom stereocenters. The summed E-state index contributed by atoms with van der Waals surface area (Å²) in [5.41, 5.74) is 0. The lowest BCUT2D eigenvalue weighted by molar-refractivity contribution is -0.122. The van der Waals surface area contributed by atoms with Crippen LogP contribution in [0.15, 0.2) is 0 Å². The molecule has 3 heteroatoms. The van der Waals surface area contributed by atoms with Crippen molar-refractivity contribution in [1.82, 2.24) is 5.32 Å². The highest BCUT2D eigenvalue weighted by atomic mass is 35.5.